The molecule has 0 radical (unpaired) electrons. The Morgan fingerprint density at radius 1 is 1.41 bits per heavy atom. The fourth-order valence-electron chi connectivity index (χ4n) is 2.72. The van der Waals surface area contributed by atoms with Crippen LogP contribution in [-0.2, 0) is 4.74 Å². The molecule has 0 bridgehead atoms. The largest absolute Gasteiger partial charge is 0.456 e. The number of nitrogens with zero attached hydrogens (tertiary/aromatic N) is 1. The minimum atomic E-state index is -0.688. The number of piperidine rings is 1. The van der Waals surface area contributed by atoms with E-state index in [4.69, 9.17) is 16.3 Å². The highest BCUT2D eigenvalue weighted by atomic mass is 35.5. The summed E-state index contributed by atoms with van der Waals surface area (Å²) in [7, 11) is 0. The number of hydrogen-bond acceptors (Lipinski definition) is 5. The van der Waals surface area contributed by atoms with E-state index in [2.05, 4.69) is 5.32 Å². The second-order valence-electron chi connectivity index (χ2n) is 5.94. The molecule has 120 valence electrons. The lowest BCUT2D eigenvalue weighted by atomic mass is 9.83. The van der Waals surface area contributed by atoms with E-state index in [0.29, 0.717) is 0 Å². The van der Waals surface area contributed by atoms with Crippen LogP contribution in [-0.4, -0.2) is 29.6 Å². The Labute approximate surface area is 133 Å². The second-order valence-corrected chi connectivity index (χ2v) is 6.37. The molecule has 1 aromatic carbocycles. The molecule has 22 heavy (non-hydrogen) atoms. The van der Waals surface area contributed by atoms with E-state index in [1.54, 1.807) is 0 Å². The Morgan fingerprint density at radius 3 is 2.64 bits per heavy atom. The number of halogens is 1. The number of nitro groups is 1. The highest BCUT2D eigenvalue weighted by Crippen LogP contribution is 2.31. The van der Waals surface area contributed by atoms with Gasteiger partial charge in [0.1, 0.15) is 11.2 Å². The highest BCUT2D eigenvalue weighted by Gasteiger charge is 2.35. The highest BCUT2D eigenvalue weighted by molar-refractivity contribution is 6.31. The van der Waals surface area contributed by atoms with Crippen LogP contribution in [0.25, 0.3) is 0 Å². The SMILES string of the molecule is CC(C)(OC(=O)c1ccc(Cl)cc1[N+](=O)[O-])C1CCNCC1. The van der Waals surface area contributed by atoms with E-state index in [-0.39, 0.29) is 22.2 Å². The third-order valence-corrected chi connectivity index (χ3v) is 4.29. The second kappa shape index (κ2) is 6.62. The fourth-order valence-corrected chi connectivity index (χ4v) is 2.89. The van der Waals surface area contributed by atoms with Crippen molar-refractivity contribution >= 4 is 23.3 Å². The number of hydrogen-bond donors (Lipinski definition) is 1. The maximum Gasteiger partial charge on any atom is 0.345 e. The summed E-state index contributed by atoms with van der Waals surface area (Å²) >= 11 is 5.76. The summed E-state index contributed by atoms with van der Waals surface area (Å²) in [5, 5.41) is 14.5. The van der Waals surface area contributed by atoms with Crippen LogP contribution >= 0.6 is 11.6 Å². The van der Waals surface area contributed by atoms with Crippen molar-refractivity contribution in [1.82, 2.24) is 5.32 Å². The molecule has 0 spiro atoms. The molecule has 0 saturated carbocycles. The van der Waals surface area contributed by atoms with Gasteiger partial charge in [0.05, 0.1) is 4.92 Å². The maximum atomic E-state index is 12.4. The van der Waals surface area contributed by atoms with Crippen LogP contribution in [0.15, 0.2) is 18.2 Å². The van der Waals surface area contributed by atoms with E-state index < -0.39 is 16.5 Å². The predicted octanol–water partition coefficient (Wildman–Crippen LogP) is 3.18. The molecule has 0 aliphatic carbocycles. The molecular weight excluding hydrogens is 308 g/mol. The maximum absolute atomic E-state index is 12.4. The number of benzene rings is 1. The summed E-state index contributed by atoms with van der Waals surface area (Å²) in [6, 6.07) is 3.94. The van der Waals surface area contributed by atoms with Gasteiger partial charge in [0.25, 0.3) is 5.69 Å². The molecule has 0 unspecified atom stereocenters. The van der Waals surface area contributed by atoms with E-state index in [1.165, 1.54) is 12.1 Å². The molecule has 1 N–H and O–H groups in total. The molecule has 1 fully saturated rings. The summed E-state index contributed by atoms with van der Waals surface area (Å²) in [6.45, 7) is 5.46. The normalized spacial score (nSPS) is 16.3. The van der Waals surface area contributed by atoms with Crippen molar-refractivity contribution in [2.75, 3.05) is 13.1 Å². The van der Waals surface area contributed by atoms with Crippen LogP contribution < -0.4 is 5.32 Å². The number of ether oxygens (including phenoxy) is 1. The minimum Gasteiger partial charge on any atom is -0.456 e. The summed E-state index contributed by atoms with van der Waals surface area (Å²) in [4.78, 5) is 22.8. The zero-order chi connectivity index (χ0) is 16.3. The molecule has 0 atom stereocenters. The average molecular weight is 327 g/mol. The topological polar surface area (TPSA) is 81.5 Å². The van der Waals surface area contributed by atoms with E-state index in [9.17, 15) is 14.9 Å². The summed E-state index contributed by atoms with van der Waals surface area (Å²) in [6.07, 6.45) is 1.81. The molecule has 1 aliphatic heterocycles. The number of esters is 1. The van der Waals surface area contributed by atoms with Gasteiger partial charge < -0.3 is 10.1 Å². The molecule has 1 heterocycles. The van der Waals surface area contributed by atoms with Gasteiger partial charge in [-0.25, -0.2) is 4.79 Å². The fraction of sp³-hybridized carbons (Fsp3) is 0.533. The van der Waals surface area contributed by atoms with Crippen LogP contribution in [0.4, 0.5) is 5.69 Å². The first-order chi connectivity index (χ1) is 10.3. The van der Waals surface area contributed by atoms with Gasteiger partial charge in [-0.2, -0.15) is 0 Å². The van der Waals surface area contributed by atoms with E-state index in [0.717, 1.165) is 32.0 Å². The quantitative estimate of drug-likeness (QED) is 0.522. The summed E-state index contributed by atoms with van der Waals surface area (Å²) in [5.74, 6) is -0.462. The molecule has 6 nitrogen and oxygen atoms in total. The van der Waals surface area contributed by atoms with Gasteiger partial charge in [-0.15, -0.1) is 0 Å². The first-order valence-corrected chi connectivity index (χ1v) is 7.57. The Bertz CT molecular complexity index is 583. The minimum absolute atomic E-state index is 0.0728. The summed E-state index contributed by atoms with van der Waals surface area (Å²) < 4.78 is 5.58. The third kappa shape index (κ3) is 3.75. The lowest BCUT2D eigenvalue weighted by Crippen LogP contribution is -2.42. The van der Waals surface area contributed by atoms with Crippen molar-refractivity contribution in [2.24, 2.45) is 5.92 Å². The first-order valence-electron chi connectivity index (χ1n) is 7.19. The van der Waals surface area contributed by atoms with Gasteiger partial charge in [0, 0.05) is 17.0 Å². The van der Waals surface area contributed by atoms with Crippen molar-refractivity contribution in [3.8, 4) is 0 Å². The molecule has 1 aliphatic rings. The Hall–Kier alpha value is -1.66. The van der Waals surface area contributed by atoms with Gasteiger partial charge in [0.2, 0.25) is 0 Å². The van der Waals surface area contributed by atoms with Crippen molar-refractivity contribution in [3.63, 3.8) is 0 Å². The van der Waals surface area contributed by atoms with Crippen LogP contribution in [0.2, 0.25) is 5.02 Å². The van der Waals surface area contributed by atoms with Crippen LogP contribution in [0.5, 0.6) is 0 Å². The smallest absolute Gasteiger partial charge is 0.345 e. The Balaban J connectivity index is 2.19. The van der Waals surface area contributed by atoms with E-state index in [1.807, 2.05) is 13.8 Å². The molecule has 2 rings (SSSR count). The van der Waals surface area contributed by atoms with Gasteiger partial charge in [0.15, 0.2) is 0 Å². The molecule has 0 aromatic heterocycles. The molecule has 0 amide bonds. The standard InChI is InChI=1S/C15H19ClN2O4/c1-15(2,10-5-7-17-8-6-10)22-14(19)12-4-3-11(16)9-13(12)18(20)21/h3-4,9-10,17H,5-8H2,1-2H3. The first kappa shape index (κ1) is 16.7. The van der Waals surface area contributed by atoms with Crippen molar-refractivity contribution < 1.29 is 14.5 Å². The summed E-state index contributed by atoms with van der Waals surface area (Å²) in [5.41, 5.74) is -1.08. The molecule has 1 aromatic rings. The van der Waals surface area contributed by atoms with Crippen molar-refractivity contribution in [1.29, 1.82) is 0 Å². The zero-order valence-electron chi connectivity index (χ0n) is 12.6. The monoisotopic (exact) mass is 326 g/mol. The average Bonchev–Trinajstić information content (AvgIpc) is 2.47. The number of rotatable bonds is 4. The molecule has 1 saturated heterocycles. The van der Waals surface area contributed by atoms with Gasteiger partial charge in [-0.05, 0) is 51.9 Å². The van der Waals surface area contributed by atoms with E-state index >= 15 is 0 Å². The van der Waals surface area contributed by atoms with Gasteiger partial charge in [-0.3, -0.25) is 10.1 Å². The Kier molecular flexibility index (Phi) is 5.03. The van der Waals surface area contributed by atoms with Crippen LogP contribution in [0.3, 0.4) is 0 Å². The van der Waals surface area contributed by atoms with Gasteiger partial charge >= 0.3 is 5.97 Å². The predicted molar refractivity (Wildman–Crippen MR) is 83.2 cm³/mol. The van der Waals surface area contributed by atoms with Crippen LogP contribution in [0.1, 0.15) is 37.0 Å². The third-order valence-electron chi connectivity index (χ3n) is 4.05. The molecular formula is C15H19ClN2O4. The number of nitrogens with one attached hydrogen (secondary N) is 1. The van der Waals surface area contributed by atoms with Crippen molar-refractivity contribution in [2.45, 2.75) is 32.3 Å². The number of nitro benzene ring substituents is 1. The van der Waals surface area contributed by atoms with Gasteiger partial charge in [-0.1, -0.05) is 11.6 Å². The van der Waals surface area contributed by atoms with Crippen molar-refractivity contribution in [3.05, 3.63) is 38.9 Å². The Morgan fingerprint density at radius 2 is 2.05 bits per heavy atom. The lowest BCUT2D eigenvalue weighted by Gasteiger charge is -2.36. The zero-order valence-corrected chi connectivity index (χ0v) is 13.4. The van der Waals surface area contributed by atoms with Crippen LogP contribution in [0, 0.1) is 16.0 Å². The lowest BCUT2D eigenvalue weighted by molar-refractivity contribution is -0.385. The molecule has 7 heteroatoms. The number of carbonyl (C=O) groups is 1. The number of carbonyl (C=O) groups excluding carboxylic acids is 1.